The van der Waals surface area contributed by atoms with Gasteiger partial charge < -0.3 is 20.5 Å². The molecule has 0 radical (unpaired) electrons. The third kappa shape index (κ3) is 5.90. The summed E-state index contributed by atoms with van der Waals surface area (Å²) >= 11 is 0. The number of nitrogens with zero attached hydrogens (tertiary/aromatic N) is 1. The fourth-order valence-electron chi connectivity index (χ4n) is 3.25. The van der Waals surface area contributed by atoms with Crippen molar-refractivity contribution in [1.29, 1.82) is 0 Å². The van der Waals surface area contributed by atoms with E-state index in [1.165, 1.54) is 24.0 Å². The number of aliphatic hydroxyl groups is 1. The third-order valence-electron chi connectivity index (χ3n) is 4.94. The molecule has 2 aromatic carbocycles. The second kappa shape index (κ2) is 10.2. The molecule has 8 heteroatoms. The molecule has 3 rings (SSSR count). The lowest BCUT2D eigenvalue weighted by molar-refractivity contribution is -0.119. The van der Waals surface area contributed by atoms with Crippen LogP contribution in [0.2, 0.25) is 0 Å². The highest BCUT2D eigenvalue weighted by atomic mass is 19.1. The number of amides is 2. The molecule has 164 valence electrons. The molecule has 0 saturated carbocycles. The van der Waals surface area contributed by atoms with E-state index in [1.807, 2.05) is 24.3 Å². The number of nitrogens with one attached hydrogen (secondary N) is 2. The van der Waals surface area contributed by atoms with Gasteiger partial charge >= 0.3 is 6.09 Å². The van der Waals surface area contributed by atoms with Gasteiger partial charge in [-0.15, -0.1) is 6.58 Å². The quantitative estimate of drug-likeness (QED) is 0.535. The summed E-state index contributed by atoms with van der Waals surface area (Å²) in [6, 6.07) is 12.0. The summed E-state index contributed by atoms with van der Waals surface area (Å²) in [6.07, 6.45) is -0.178. The number of ether oxygens (including phenoxy) is 1. The summed E-state index contributed by atoms with van der Waals surface area (Å²) in [4.78, 5) is 24.5. The van der Waals surface area contributed by atoms with Gasteiger partial charge in [-0.3, -0.25) is 9.69 Å². The molecule has 1 aliphatic heterocycles. The smallest absolute Gasteiger partial charge is 0.414 e. The van der Waals surface area contributed by atoms with E-state index < -0.39 is 24.1 Å². The minimum atomic E-state index is -0.597. The molecule has 31 heavy (non-hydrogen) atoms. The zero-order valence-corrected chi connectivity index (χ0v) is 17.3. The Kier molecular flexibility index (Phi) is 7.38. The van der Waals surface area contributed by atoms with E-state index in [4.69, 9.17) is 4.74 Å². The Hall–Kier alpha value is -3.23. The summed E-state index contributed by atoms with van der Waals surface area (Å²) in [7, 11) is 0. The first-order valence-electron chi connectivity index (χ1n) is 10.00. The average Bonchev–Trinajstić information content (AvgIpc) is 3.13. The lowest BCUT2D eigenvalue weighted by atomic mass is 10.0. The maximum absolute atomic E-state index is 14.8. The van der Waals surface area contributed by atoms with Crippen molar-refractivity contribution in [3.63, 3.8) is 0 Å². The Morgan fingerprint density at radius 1 is 1.35 bits per heavy atom. The van der Waals surface area contributed by atoms with Crippen molar-refractivity contribution >= 4 is 17.7 Å². The second-order valence-electron chi connectivity index (χ2n) is 7.35. The SMILES string of the molecule is C=CC(O)CNCc1ccc(-c2ccc(N3C[C@H](CNC(C)=O)OC3=O)cc2F)cc1. The minimum Gasteiger partial charge on any atom is -0.442 e. The van der Waals surface area contributed by atoms with Gasteiger partial charge in [0.25, 0.3) is 0 Å². The van der Waals surface area contributed by atoms with E-state index in [0.717, 1.165) is 5.56 Å². The molecule has 2 atom stereocenters. The molecule has 1 saturated heterocycles. The number of halogens is 1. The highest BCUT2D eigenvalue weighted by molar-refractivity contribution is 5.90. The van der Waals surface area contributed by atoms with E-state index in [2.05, 4.69) is 17.2 Å². The average molecular weight is 427 g/mol. The number of anilines is 1. The van der Waals surface area contributed by atoms with Crippen LogP contribution >= 0.6 is 0 Å². The number of rotatable bonds is 9. The van der Waals surface area contributed by atoms with Gasteiger partial charge in [0.05, 0.1) is 24.9 Å². The maximum atomic E-state index is 14.8. The van der Waals surface area contributed by atoms with Crippen molar-refractivity contribution in [3.05, 3.63) is 66.5 Å². The molecule has 0 bridgehead atoms. The number of cyclic esters (lactones) is 1. The third-order valence-corrected chi connectivity index (χ3v) is 4.94. The highest BCUT2D eigenvalue weighted by Gasteiger charge is 2.32. The van der Waals surface area contributed by atoms with Gasteiger partial charge in [-0.05, 0) is 29.3 Å². The summed E-state index contributed by atoms with van der Waals surface area (Å²) < 4.78 is 20.0. The molecular formula is C23H26FN3O4. The zero-order valence-electron chi connectivity index (χ0n) is 17.3. The second-order valence-corrected chi connectivity index (χ2v) is 7.35. The Bertz CT molecular complexity index is 948. The van der Waals surface area contributed by atoms with Gasteiger partial charge in [0, 0.05) is 25.6 Å². The number of carbonyl (C=O) groups excluding carboxylic acids is 2. The fourth-order valence-corrected chi connectivity index (χ4v) is 3.25. The molecule has 0 aliphatic carbocycles. The molecule has 1 heterocycles. The van der Waals surface area contributed by atoms with Crippen molar-refractivity contribution < 1.29 is 23.8 Å². The van der Waals surface area contributed by atoms with Crippen LogP contribution in [0.15, 0.2) is 55.1 Å². The van der Waals surface area contributed by atoms with Crippen LogP contribution in [0, 0.1) is 5.82 Å². The molecule has 7 nitrogen and oxygen atoms in total. The van der Waals surface area contributed by atoms with E-state index >= 15 is 0 Å². The van der Waals surface area contributed by atoms with E-state index in [-0.39, 0.29) is 19.0 Å². The van der Waals surface area contributed by atoms with Crippen LogP contribution in [0.5, 0.6) is 0 Å². The van der Waals surface area contributed by atoms with E-state index in [1.54, 1.807) is 12.1 Å². The number of carbonyl (C=O) groups is 2. The van der Waals surface area contributed by atoms with Gasteiger partial charge in [0.2, 0.25) is 5.91 Å². The van der Waals surface area contributed by atoms with E-state index in [9.17, 15) is 19.1 Å². The van der Waals surface area contributed by atoms with Crippen LogP contribution in [0.1, 0.15) is 12.5 Å². The van der Waals surface area contributed by atoms with Crippen LogP contribution in [-0.4, -0.2) is 48.9 Å². The Balaban J connectivity index is 1.65. The first-order chi connectivity index (χ1) is 14.9. The van der Waals surface area contributed by atoms with Crippen molar-refractivity contribution in [1.82, 2.24) is 10.6 Å². The fraction of sp³-hybridized carbons (Fsp3) is 0.304. The van der Waals surface area contributed by atoms with Crippen molar-refractivity contribution in [2.75, 3.05) is 24.5 Å². The van der Waals surface area contributed by atoms with Crippen LogP contribution in [0.25, 0.3) is 11.1 Å². The predicted octanol–water partition coefficient (Wildman–Crippen LogP) is 2.59. The summed E-state index contributed by atoms with van der Waals surface area (Å²) in [6.45, 7) is 6.34. The van der Waals surface area contributed by atoms with Crippen molar-refractivity contribution in [3.8, 4) is 11.1 Å². The van der Waals surface area contributed by atoms with E-state index in [0.29, 0.717) is 29.9 Å². The molecule has 2 amide bonds. The predicted molar refractivity (Wildman–Crippen MR) is 116 cm³/mol. The van der Waals surface area contributed by atoms with Crippen molar-refractivity contribution in [2.24, 2.45) is 0 Å². The van der Waals surface area contributed by atoms with Crippen LogP contribution in [-0.2, 0) is 16.1 Å². The topological polar surface area (TPSA) is 90.9 Å². The zero-order chi connectivity index (χ0) is 22.4. The number of aliphatic hydroxyl groups excluding tert-OH is 1. The van der Waals surface area contributed by atoms with Crippen LogP contribution in [0.4, 0.5) is 14.9 Å². The van der Waals surface area contributed by atoms with Gasteiger partial charge in [-0.2, -0.15) is 0 Å². The maximum Gasteiger partial charge on any atom is 0.414 e. The summed E-state index contributed by atoms with van der Waals surface area (Å²) in [5, 5.41) is 15.2. The molecule has 0 spiro atoms. The van der Waals surface area contributed by atoms with Gasteiger partial charge in [-0.1, -0.05) is 30.3 Å². The van der Waals surface area contributed by atoms with Gasteiger partial charge in [0.1, 0.15) is 11.9 Å². The molecular weight excluding hydrogens is 401 g/mol. The standard InChI is InChI=1S/C23H26FN3O4/c1-3-19(29)12-25-11-16-4-6-17(7-5-16)21-9-8-18(10-22(21)24)27-14-20(31-23(27)30)13-26-15(2)28/h3-10,19-20,25,29H,1,11-14H2,2H3,(H,26,28)/t19?,20-/m0/s1. The molecule has 0 aromatic heterocycles. The Morgan fingerprint density at radius 2 is 2.10 bits per heavy atom. The van der Waals surface area contributed by atoms with Crippen molar-refractivity contribution in [2.45, 2.75) is 25.7 Å². The van der Waals surface area contributed by atoms with Gasteiger partial charge in [0.15, 0.2) is 0 Å². The van der Waals surface area contributed by atoms with Crippen LogP contribution < -0.4 is 15.5 Å². The first kappa shape index (κ1) is 22.5. The number of benzene rings is 2. The molecule has 1 aliphatic rings. The summed E-state index contributed by atoms with van der Waals surface area (Å²) in [5.41, 5.74) is 2.54. The van der Waals surface area contributed by atoms with Crippen LogP contribution in [0.3, 0.4) is 0 Å². The monoisotopic (exact) mass is 427 g/mol. The summed E-state index contributed by atoms with van der Waals surface area (Å²) in [5.74, 6) is -0.656. The lowest BCUT2D eigenvalue weighted by Gasteiger charge is -2.15. The molecule has 1 unspecified atom stereocenters. The molecule has 1 fully saturated rings. The minimum absolute atomic E-state index is 0.207. The lowest BCUT2D eigenvalue weighted by Crippen LogP contribution is -2.33. The molecule has 2 aromatic rings. The Morgan fingerprint density at radius 3 is 2.74 bits per heavy atom. The number of hydrogen-bond acceptors (Lipinski definition) is 5. The first-order valence-corrected chi connectivity index (χ1v) is 10.00. The molecule has 3 N–H and O–H groups in total. The Labute approximate surface area is 180 Å². The normalized spacial score (nSPS) is 16.7. The number of hydrogen-bond donors (Lipinski definition) is 3. The van der Waals surface area contributed by atoms with Gasteiger partial charge in [-0.25, -0.2) is 9.18 Å². The highest BCUT2D eigenvalue weighted by Crippen LogP contribution is 2.29. The largest absolute Gasteiger partial charge is 0.442 e.